The van der Waals surface area contributed by atoms with Crippen molar-refractivity contribution in [3.63, 3.8) is 0 Å². The standard InChI is InChI=1S/C12H14O5/c1-3-16-11(14)8-5-6-9(10(13)7-8)12(15)17-4-2/h5-7,13H,3-4H2,1-2H3. The minimum Gasteiger partial charge on any atom is -0.507 e. The van der Waals surface area contributed by atoms with Gasteiger partial charge in [-0.3, -0.25) is 0 Å². The Morgan fingerprint density at radius 3 is 2.24 bits per heavy atom. The first-order chi connectivity index (χ1) is 8.10. The fraction of sp³-hybridized carbons (Fsp3) is 0.333. The van der Waals surface area contributed by atoms with Crippen LogP contribution in [0.25, 0.3) is 0 Å². The van der Waals surface area contributed by atoms with E-state index in [1.807, 2.05) is 0 Å². The number of phenolic OH excluding ortho intramolecular Hbond substituents is 1. The van der Waals surface area contributed by atoms with Crippen LogP contribution in [-0.4, -0.2) is 30.3 Å². The average molecular weight is 238 g/mol. The smallest absolute Gasteiger partial charge is 0.341 e. The molecule has 1 N–H and O–H groups in total. The van der Waals surface area contributed by atoms with Crippen molar-refractivity contribution in [3.8, 4) is 5.75 Å². The molecule has 0 aliphatic carbocycles. The summed E-state index contributed by atoms with van der Waals surface area (Å²) in [6, 6.07) is 3.92. The van der Waals surface area contributed by atoms with Gasteiger partial charge in [-0.1, -0.05) is 0 Å². The molecule has 0 bridgehead atoms. The van der Waals surface area contributed by atoms with Gasteiger partial charge in [0.25, 0.3) is 0 Å². The van der Waals surface area contributed by atoms with Crippen LogP contribution in [0.3, 0.4) is 0 Å². The van der Waals surface area contributed by atoms with Crippen LogP contribution in [0.5, 0.6) is 5.75 Å². The van der Waals surface area contributed by atoms with Crippen molar-refractivity contribution in [2.75, 3.05) is 13.2 Å². The van der Waals surface area contributed by atoms with Gasteiger partial charge < -0.3 is 14.6 Å². The molecule has 5 nitrogen and oxygen atoms in total. The number of carbonyl (C=O) groups excluding carboxylic acids is 2. The molecule has 0 unspecified atom stereocenters. The van der Waals surface area contributed by atoms with Crippen molar-refractivity contribution in [3.05, 3.63) is 29.3 Å². The summed E-state index contributed by atoms with van der Waals surface area (Å²) < 4.78 is 9.51. The lowest BCUT2D eigenvalue weighted by atomic mass is 10.1. The Morgan fingerprint density at radius 2 is 1.71 bits per heavy atom. The topological polar surface area (TPSA) is 72.8 Å². The molecule has 1 rings (SSSR count). The zero-order valence-electron chi connectivity index (χ0n) is 9.73. The monoisotopic (exact) mass is 238 g/mol. The molecule has 1 aromatic carbocycles. The van der Waals surface area contributed by atoms with Gasteiger partial charge in [0.1, 0.15) is 11.3 Å². The molecule has 0 atom stereocenters. The highest BCUT2D eigenvalue weighted by Gasteiger charge is 2.15. The molecule has 0 spiro atoms. The molecule has 17 heavy (non-hydrogen) atoms. The molecule has 0 fully saturated rings. The van der Waals surface area contributed by atoms with Crippen LogP contribution in [0, 0.1) is 0 Å². The van der Waals surface area contributed by atoms with Gasteiger partial charge in [-0.05, 0) is 32.0 Å². The molecule has 0 aromatic heterocycles. The fourth-order valence-corrected chi connectivity index (χ4v) is 1.25. The minimum atomic E-state index is -0.625. The van der Waals surface area contributed by atoms with Crippen molar-refractivity contribution < 1.29 is 24.2 Å². The number of benzene rings is 1. The van der Waals surface area contributed by atoms with Gasteiger partial charge in [-0.2, -0.15) is 0 Å². The van der Waals surface area contributed by atoms with Crippen molar-refractivity contribution in [2.24, 2.45) is 0 Å². The van der Waals surface area contributed by atoms with E-state index in [4.69, 9.17) is 9.47 Å². The first kappa shape index (κ1) is 13.0. The predicted octanol–water partition coefficient (Wildman–Crippen LogP) is 1.75. The zero-order chi connectivity index (χ0) is 12.8. The van der Waals surface area contributed by atoms with Gasteiger partial charge in [-0.15, -0.1) is 0 Å². The molecule has 0 radical (unpaired) electrons. The fourth-order valence-electron chi connectivity index (χ4n) is 1.25. The highest BCUT2D eigenvalue weighted by Crippen LogP contribution is 2.20. The van der Waals surface area contributed by atoms with E-state index >= 15 is 0 Å². The highest BCUT2D eigenvalue weighted by atomic mass is 16.5. The van der Waals surface area contributed by atoms with Crippen LogP contribution >= 0.6 is 0 Å². The normalized spacial score (nSPS) is 9.76. The Labute approximate surface area is 99.0 Å². The Morgan fingerprint density at radius 1 is 1.12 bits per heavy atom. The number of carbonyl (C=O) groups is 2. The molecule has 0 aliphatic heterocycles. The summed E-state index contributed by atoms with van der Waals surface area (Å²) in [6.07, 6.45) is 0. The first-order valence-electron chi connectivity index (χ1n) is 5.27. The van der Waals surface area contributed by atoms with Crippen molar-refractivity contribution in [2.45, 2.75) is 13.8 Å². The number of aromatic hydroxyl groups is 1. The van der Waals surface area contributed by atoms with E-state index in [9.17, 15) is 14.7 Å². The first-order valence-corrected chi connectivity index (χ1v) is 5.27. The third-order valence-electron chi connectivity index (χ3n) is 2.00. The molecule has 92 valence electrons. The minimum absolute atomic E-state index is 0.0277. The van der Waals surface area contributed by atoms with Crippen molar-refractivity contribution >= 4 is 11.9 Å². The molecule has 5 heteroatoms. The van der Waals surface area contributed by atoms with Crippen LogP contribution in [0.2, 0.25) is 0 Å². The Bertz CT molecular complexity index is 425. The molecule has 0 heterocycles. The van der Waals surface area contributed by atoms with Crippen molar-refractivity contribution in [1.82, 2.24) is 0 Å². The second-order valence-electron chi connectivity index (χ2n) is 3.17. The van der Waals surface area contributed by atoms with E-state index in [1.165, 1.54) is 18.2 Å². The average Bonchev–Trinajstić information content (AvgIpc) is 2.29. The van der Waals surface area contributed by atoms with E-state index in [-0.39, 0.29) is 30.1 Å². The summed E-state index contributed by atoms with van der Waals surface area (Å²) in [5.74, 6) is -1.47. The number of phenols is 1. The third kappa shape index (κ3) is 3.21. The molecule has 1 aromatic rings. The Balaban J connectivity index is 2.93. The van der Waals surface area contributed by atoms with Crippen LogP contribution in [0.4, 0.5) is 0 Å². The van der Waals surface area contributed by atoms with Crippen LogP contribution in [0.15, 0.2) is 18.2 Å². The Hall–Kier alpha value is -2.04. The molecular weight excluding hydrogens is 224 g/mol. The lowest BCUT2D eigenvalue weighted by Crippen LogP contribution is -2.08. The number of hydrogen-bond donors (Lipinski definition) is 1. The van der Waals surface area contributed by atoms with E-state index < -0.39 is 11.9 Å². The van der Waals surface area contributed by atoms with E-state index in [1.54, 1.807) is 13.8 Å². The van der Waals surface area contributed by atoms with Gasteiger partial charge in [0.2, 0.25) is 0 Å². The van der Waals surface area contributed by atoms with Crippen LogP contribution in [-0.2, 0) is 9.47 Å². The number of esters is 2. The maximum Gasteiger partial charge on any atom is 0.341 e. The lowest BCUT2D eigenvalue weighted by molar-refractivity contribution is 0.0508. The highest BCUT2D eigenvalue weighted by molar-refractivity contribution is 5.95. The second kappa shape index (κ2) is 5.89. The molecular formula is C12H14O5. The largest absolute Gasteiger partial charge is 0.507 e. The van der Waals surface area contributed by atoms with Crippen LogP contribution in [0.1, 0.15) is 34.6 Å². The van der Waals surface area contributed by atoms with Gasteiger partial charge in [0.15, 0.2) is 0 Å². The molecule has 0 aliphatic rings. The van der Waals surface area contributed by atoms with E-state index in [0.717, 1.165) is 0 Å². The maximum absolute atomic E-state index is 11.4. The summed E-state index contributed by atoms with van der Waals surface area (Å²) in [7, 11) is 0. The van der Waals surface area contributed by atoms with E-state index in [2.05, 4.69) is 0 Å². The van der Waals surface area contributed by atoms with Crippen LogP contribution < -0.4 is 0 Å². The quantitative estimate of drug-likeness (QED) is 0.809. The maximum atomic E-state index is 11.4. The van der Waals surface area contributed by atoms with Gasteiger partial charge in [0, 0.05) is 0 Å². The van der Waals surface area contributed by atoms with Gasteiger partial charge in [-0.25, -0.2) is 9.59 Å². The summed E-state index contributed by atoms with van der Waals surface area (Å²) in [6.45, 7) is 3.82. The van der Waals surface area contributed by atoms with Gasteiger partial charge >= 0.3 is 11.9 Å². The summed E-state index contributed by atoms with van der Waals surface area (Å²) >= 11 is 0. The predicted molar refractivity (Wildman–Crippen MR) is 60.0 cm³/mol. The number of ether oxygens (including phenoxy) is 2. The van der Waals surface area contributed by atoms with Gasteiger partial charge in [0.05, 0.1) is 18.8 Å². The Kier molecular flexibility index (Phi) is 4.51. The third-order valence-corrected chi connectivity index (χ3v) is 2.00. The summed E-state index contributed by atoms with van der Waals surface area (Å²) in [4.78, 5) is 22.7. The summed E-state index contributed by atoms with van der Waals surface area (Å²) in [5, 5.41) is 9.60. The molecule has 0 saturated heterocycles. The molecule has 0 amide bonds. The number of rotatable bonds is 4. The van der Waals surface area contributed by atoms with Crippen molar-refractivity contribution in [1.29, 1.82) is 0 Å². The SMILES string of the molecule is CCOC(=O)c1ccc(C(=O)OCC)c(O)c1. The van der Waals surface area contributed by atoms with E-state index in [0.29, 0.717) is 0 Å². The summed E-state index contributed by atoms with van der Waals surface area (Å²) in [5.41, 5.74) is 0.220. The zero-order valence-corrected chi connectivity index (χ0v) is 9.73. The second-order valence-corrected chi connectivity index (χ2v) is 3.17. The lowest BCUT2D eigenvalue weighted by Gasteiger charge is -2.06. The molecule has 0 saturated carbocycles. The number of hydrogen-bond acceptors (Lipinski definition) is 5.